The van der Waals surface area contributed by atoms with Gasteiger partial charge in [0.15, 0.2) is 6.23 Å². The van der Waals surface area contributed by atoms with Crippen LogP contribution in [0.3, 0.4) is 0 Å². The van der Waals surface area contributed by atoms with E-state index in [9.17, 15) is 4.79 Å². The van der Waals surface area contributed by atoms with Crippen LogP contribution >= 0.6 is 0 Å². The van der Waals surface area contributed by atoms with Crippen LogP contribution in [0.4, 0.5) is 0 Å². The van der Waals surface area contributed by atoms with Crippen molar-refractivity contribution in [3.63, 3.8) is 0 Å². The molecule has 4 nitrogen and oxygen atoms in total. The van der Waals surface area contributed by atoms with Crippen molar-refractivity contribution < 1.29 is 14.3 Å². The van der Waals surface area contributed by atoms with E-state index in [2.05, 4.69) is 4.74 Å². The van der Waals surface area contributed by atoms with E-state index in [-0.39, 0.29) is 0 Å². The molecule has 0 aliphatic carbocycles. The van der Waals surface area contributed by atoms with Gasteiger partial charge in [-0.1, -0.05) is 12.1 Å². The van der Waals surface area contributed by atoms with Gasteiger partial charge < -0.3 is 9.47 Å². The van der Waals surface area contributed by atoms with Crippen molar-refractivity contribution >= 4 is 6.47 Å². The van der Waals surface area contributed by atoms with E-state index < -0.39 is 6.23 Å². The number of hydrogen-bond acceptors (Lipinski definition) is 4. The number of rotatable bonds is 5. The molecule has 0 radical (unpaired) electrons. The van der Waals surface area contributed by atoms with Gasteiger partial charge in [-0.3, -0.25) is 10.5 Å². The first kappa shape index (κ1) is 10.5. The van der Waals surface area contributed by atoms with E-state index in [1.54, 1.807) is 7.11 Å². The molecular weight excluding hydrogens is 182 g/mol. The minimum atomic E-state index is -0.583. The van der Waals surface area contributed by atoms with Crippen LogP contribution in [0.1, 0.15) is 5.56 Å². The van der Waals surface area contributed by atoms with Crippen LogP contribution in [0, 0.1) is 0 Å². The van der Waals surface area contributed by atoms with Crippen molar-refractivity contribution in [2.45, 2.75) is 12.6 Å². The number of nitrogens with two attached hydrogens (primary N) is 1. The van der Waals surface area contributed by atoms with E-state index >= 15 is 0 Å². The molecule has 0 aliphatic rings. The Hall–Kier alpha value is -1.55. The summed E-state index contributed by atoms with van der Waals surface area (Å²) in [6, 6.07) is 7.44. The molecule has 1 aromatic rings. The molecule has 0 fully saturated rings. The Labute approximate surface area is 82.6 Å². The molecule has 14 heavy (non-hydrogen) atoms. The highest BCUT2D eigenvalue weighted by Gasteiger charge is 2.03. The molecule has 0 heterocycles. The number of methoxy groups -OCH3 is 1. The first-order chi connectivity index (χ1) is 6.76. The van der Waals surface area contributed by atoms with E-state index in [0.29, 0.717) is 12.9 Å². The van der Waals surface area contributed by atoms with Crippen molar-refractivity contribution in [3.05, 3.63) is 29.8 Å². The average Bonchev–Trinajstić information content (AvgIpc) is 2.19. The fourth-order valence-electron chi connectivity index (χ4n) is 1.11. The van der Waals surface area contributed by atoms with E-state index in [0.717, 1.165) is 11.3 Å². The van der Waals surface area contributed by atoms with Gasteiger partial charge in [0, 0.05) is 6.42 Å². The Kier molecular flexibility index (Phi) is 3.94. The molecule has 1 unspecified atom stereocenters. The third-order valence-corrected chi connectivity index (χ3v) is 1.83. The number of carbonyl (C=O) groups is 1. The summed E-state index contributed by atoms with van der Waals surface area (Å²) in [5.41, 5.74) is 6.50. The molecule has 1 aromatic carbocycles. The minimum absolute atomic E-state index is 0.355. The van der Waals surface area contributed by atoms with E-state index in [1.165, 1.54) is 0 Å². The fraction of sp³-hybridized carbons (Fsp3) is 0.300. The minimum Gasteiger partial charge on any atom is -0.497 e. The second-order valence-electron chi connectivity index (χ2n) is 2.82. The number of ether oxygens (including phenoxy) is 2. The Morgan fingerprint density at radius 1 is 1.43 bits per heavy atom. The SMILES string of the molecule is COc1ccc(CC(N)OC=O)cc1. The Balaban J connectivity index is 2.54. The van der Waals surface area contributed by atoms with Gasteiger partial charge in [0.25, 0.3) is 6.47 Å². The third kappa shape index (κ3) is 3.06. The van der Waals surface area contributed by atoms with Crippen molar-refractivity contribution in [1.29, 1.82) is 0 Å². The van der Waals surface area contributed by atoms with Gasteiger partial charge in [-0.25, -0.2) is 0 Å². The summed E-state index contributed by atoms with van der Waals surface area (Å²) in [5, 5.41) is 0. The lowest BCUT2D eigenvalue weighted by molar-refractivity contribution is -0.133. The van der Waals surface area contributed by atoms with Crippen molar-refractivity contribution in [2.24, 2.45) is 5.73 Å². The largest absolute Gasteiger partial charge is 0.497 e. The summed E-state index contributed by atoms with van der Waals surface area (Å²) >= 11 is 0. The third-order valence-electron chi connectivity index (χ3n) is 1.83. The zero-order valence-corrected chi connectivity index (χ0v) is 7.97. The Morgan fingerprint density at radius 2 is 2.07 bits per heavy atom. The lowest BCUT2D eigenvalue weighted by Crippen LogP contribution is -2.25. The molecule has 0 amide bonds. The maximum Gasteiger partial charge on any atom is 0.294 e. The molecule has 0 saturated heterocycles. The van der Waals surface area contributed by atoms with E-state index in [1.807, 2.05) is 24.3 Å². The smallest absolute Gasteiger partial charge is 0.294 e. The molecule has 1 atom stereocenters. The Bertz CT molecular complexity index is 284. The molecule has 0 aromatic heterocycles. The maximum absolute atomic E-state index is 9.98. The van der Waals surface area contributed by atoms with E-state index in [4.69, 9.17) is 10.5 Å². The van der Waals surface area contributed by atoms with Crippen LogP contribution < -0.4 is 10.5 Å². The monoisotopic (exact) mass is 195 g/mol. The zero-order valence-electron chi connectivity index (χ0n) is 7.97. The second kappa shape index (κ2) is 5.24. The number of carbonyl (C=O) groups excluding carboxylic acids is 1. The molecule has 4 heteroatoms. The zero-order chi connectivity index (χ0) is 10.4. The summed E-state index contributed by atoms with van der Waals surface area (Å²) in [7, 11) is 1.61. The maximum atomic E-state index is 9.98. The molecule has 0 aliphatic heterocycles. The van der Waals surface area contributed by atoms with Crippen molar-refractivity contribution in [3.8, 4) is 5.75 Å². The Morgan fingerprint density at radius 3 is 2.57 bits per heavy atom. The molecule has 2 N–H and O–H groups in total. The predicted octanol–water partition coefficient (Wildman–Crippen LogP) is 0.695. The van der Waals surface area contributed by atoms with Gasteiger partial charge in [-0.15, -0.1) is 0 Å². The predicted molar refractivity (Wildman–Crippen MR) is 51.8 cm³/mol. The molecule has 0 bridgehead atoms. The van der Waals surface area contributed by atoms with Crippen LogP contribution in [-0.2, 0) is 16.0 Å². The van der Waals surface area contributed by atoms with Crippen molar-refractivity contribution in [2.75, 3.05) is 7.11 Å². The summed E-state index contributed by atoms with van der Waals surface area (Å²) in [6.07, 6.45) is -0.0798. The fourth-order valence-corrected chi connectivity index (χ4v) is 1.11. The average molecular weight is 195 g/mol. The summed E-state index contributed by atoms with van der Waals surface area (Å²) in [4.78, 5) is 9.98. The standard InChI is InChI=1S/C10H13NO3/c1-13-9-4-2-8(3-5-9)6-10(11)14-7-12/h2-5,7,10H,6,11H2,1H3. The lowest BCUT2D eigenvalue weighted by Gasteiger charge is -2.09. The van der Waals surface area contributed by atoms with Gasteiger partial charge in [-0.2, -0.15) is 0 Å². The summed E-state index contributed by atoms with van der Waals surface area (Å²) in [5.74, 6) is 0.790. The van der Waals surface area contributed by atoms with Gasteiger partial charge in [0.05, 0.1) is 7.11 Å². The normalized spacial score (nSPS) is 11.9. The van der Waals surface area contributed by atoms with Crippen molar-refractivity contribution in [1.82, 2.24) is 0 Å². The molecule has 76 valence electrons. The van der Waals surface area contributed by atoms with Crippen LogP contribution in [0.2, 0.25) is 0 Å². The number of hydrogen-bond donors (Lipinski definition) is 1. The van der Waals surface area contributed by atoms with Crippen LogP contribution in [0.25, 0.3) is 0 Å². The highest BCUT2D eigenvalue weighted by atomic mass is 16.5. The summed E-state index contributed by atoms with van der Waals surface area (Å²) < 4.78 is 9.57. The number of benzene rings is 1. The second-order valence-corrected chi connectivity index (χ2v) is 2.82. The molecular formula is C10H13NO3. The molecule has 0 spiro atoms. The van der Waals surface area contributed by atoms with Crippen LogP contribution in [0.5, 0.6) is 5.75 Å². The van der Waals surface area contributed by atoms with Crippen LogP contribution in [0.15, 0.2) is 24.3 Å². The highest BCUT2D eigenvalue weighted by Crippen LogP contribution is 2.12. The molecule has 0 saturated carbocycles. The lowest BCUT2D eigenvalue weighted by atomic mass is 10.1. The van der Waals surface area contributed by atoms with Crippen LogP contribution in [-0.4, -0.2) is 19.8 Å². The topological polar surface area (TPSA) is 61.6 Å². The first-order valence-electron chi connectivity index (χ1n) is 4.24. The van der Waals surface area contributed by atoms with Gasteiger partial charge in [-0.05, 0) is 17.7 Å². The first-order valence-corrected chi connectivity index (χ1v) is 4.24. The van der Waals surface area contributed by atoms with Gasteiger partial charge >= 0.3 is 0 Å². The summed E-state index contributed by atoms with van der Waals surface area (Å²) in [6.45, 7) is 0.355. The van der Waals surface area contributed by atoms with Gasteiger partial charge in [0.1, 0.15) is 5.75 Å². The molecule has 1 rings (SSSR count). The quantitative estimate of drug-likeness (QED) is 0.554. The van der Waals surface area contributed by atoms with Gasteiger partial charge in [0.2, 0.25) is 0 Å². The highest BCUT2D eigenvalue weighted by molar-refractivity contribution is 5.37.